The Balaban J connectivity index is 1.50. The zero-order chi connectivity index (χ0) is 24.2. The molecule has 0 bridgehead atoms. The minimum Gasteiger partial charge on any atom is -0.325 e. The van der Waals surface area contributed by atoms with Crippen LogP contribution >= 0.6 is 11.8 Å². The second-order valence-corrected chi connectivity index (χ2v) is 9.84. The van der Waals surface area contributed by atoms with Crippen molar-refractivity contribution in [2.24, 2.45) is 0 Å². The number of carbonyl (C=O) groups excluding carboxylic acids is 1. The Kier molecular flexibility index (Phi) is 5.50. The van der Waals surface area contributed by atoms with Crippen LogP contribution in [0.3, 0.4) is 0 Å². The third-order valence-corrected chi connectivity index (χ3v) is 6.86. The van der Waals surface area contributed by atoms with Gasteiger partial charge in [-0.25, -0.2) is 14.8 Å². The number of hydrogen-bond donors (Lipinski definition) is 2. The average molecular weight is 491 g/mol. The number of carbonyl (C=O) groups is 1. The monoisotopic (exact) mass is 491 g/mol. The fourth-order valence-electron chi connectivity index (χ4n) is 3.71. The summed E-state index contributed by atoms with van der Waals surface area (Å²) in [6.07, 6.45) is -1.26. The van der Waals surface area contributed by atoms with Crippen molar-refractivity contribution in [3.63, 3.8) is 0 Å². The number of aromatic nitrogens is 4. The van der Waals surface area contributed by atoms with Crippen molar-refractivity contribution in [1.29, 1.82) is 0 Å². The molecule has 1 aromatic carbocycles. The summed E-state index contributed by atoms with van der Waals surface area (Å²) < 4.78 is 41.3. The van der Waals surface area contributed by atoms with Crippen molar-refractivity contribution in [3.05, 3.63) is 56.5 Å². The molecule has 2 aliphatic rings. The Morgan fingerprint density at radius 2 is 1.88 bits per heavy atom. The standard InChI is InChI=1S/C22H20F3N5O3S/c1-10(18(31)26-14-5-3-2-4-13(14)22(23,24)25)34-20-15-17(27-16(28-20)11-6-7-11)30(12-8-9-12)21(33)29-19(15)32/h2-5,10-12H,6-9H2,1H3,(H,26,31)(H,29,32,33). The molecule has 178 valence electrons. The lowest BCUT2D eigenvalue weighted by Gasteiger charge is -2.17. The summed E-state index contributed by atoms with van der Waals surface area (Å²) in [6, 6.07) is 4.67. The van der Waals surface area contributed by atoms with Crippen molar-refractivity contribution in [3.8, 4) is 0 Å². The van der Waals surface area contributed by atoms with E-state index in [2.05, 4.69) is 20.3 Å². The van der Waals surface area contributed by atoms with Crippen LogP contribution in [0.15, 0.2) is 38.9 Å². The van der Waals surface area contributed by atoms with E-state index in [-0.39, 0.29) is 33.7 Å². The van der Waals surface area contributed by atoms with Gasteiger partial charge < -0.3 is 5.32 Å². The lowest BCUT2D eigenvalue weighted by atomic mass is 10.1. The van der Waals surface area contributed by atoms with E-state index in [9.17, 15) is 27.6 Å². The number of halogens is 3. The molecule has 0 saturated heterocycles. The summed E-state index contributed by atoms with van der Waals surface area (Å²) in [5.41, 5.74) is -2.25. The second-order valence-electron chi connectivity index (χ2n) is 8.51. The molecule has 1 unspecified atom stereocenters. The quantitative estimate of drug-likeness (QED) is 0.401. The van der Waals surface area contributed by atoms with E-state index < -0.39 is 34.1 Å². The van der Waals surface area contributed by atoms with E-state index in [1.165, 1.54) is 29.7 Å². The Morgan fingerprint density at radius 3 is 2.53 bits per heavy atom. The number of nitrogens with one attached hydrogen (secondary N) is 2. The molecule has 1 atom stereocenters. The van der Waals surface area contributed by atoms with Gasteiger partial charge in [-0.1, -0.05) is 23.9 Å². The topological polar surface area (TPSA) is 110 Å². The van der Waals surface area contributed by atoms with Crippen LogP contribution in [0, 0.1) is 0 Å². The van der Waals surface area contributed by atoms with E-state index in [0.29, 0.717) is 5.82 Å². The van der Waals surface area contributed by atoms with Crippen molar-refractivity contribution < 1.29 is 18.0 Å². The SMILES string of the molecule is CC(Sc1nc(C2CC2)nc2c1c(=O)[nH]c(=O)n2C1CC1)C(=O)Nc1ccccc1C(F)(F)F. The number of alkyl halides is 3. The van der Waals surface area contributed by atoms with Crippen LogP contribution in [0.1, 0.15) is 56.0 Å². The summed E-state index contributed by atoms with van der Waals surface area (Å²) in [5.74, 6) is -0.0496. The van der Waals surface area contributed by atoms with Crippen LogP contribution in [-0.2, 0) is 11.0 Å². The van der Waals surface area contributed by atoms with E-state index in [0.717, 1.165) is 43.5 Å². The number of fused-ring (bicyclic) bond motifs is 1. The largest absolute Gasteiger partial charge is 0.418 e. The Labute approximate surface area is 195 Å². The molecule has 2 heterocycles. The number of nitrogens with zero attached hydrogens (tertiary/aromatic N) is 3. The molecular formula is C22H20F3N5O3S. The van der Waals surface area contributed by atoms with Crippen LogP contribution < -0.4 is 16.6 Å². The third kappa shape index (κ3) is 4.33. The molecule has 0 spiro atoms. The van der Waals surface area contributed by atoms with E-state index in [4.69, 9.17) is 0 Å². The molecule has 5 rings (SSSR count). The summed E-state index contributed by atoms with van der Waals surface area (Å²) in [7, 11) is 0. The zero-order valence-electron chi connectivity index (χ0n) is 18.0. The predicted molar refractivity (Wildman–Crippen MR) is 120 cm³/mol. The number of H-pyrrole nitrogens is 1. The first-order valence-electron chi connectivity index (χ1n) is 10.8. The Bertz CT molecular complexity index is 1410. The van der Waals surface area contributed by atoms with Crippen molar-refractivity contribution in [1.82, 2.24) is 19.5 Å². The summed E-state index contributed by atoms with van der Waals surface area (Å²) >= 11 is 0.954. The molecule has 34 heavy (non-hydrogen) atoms. The van der Waals surface area contributed by atoms with Gasteiger partial charge in [-0.15, -0.1) is 0 Å². The van der Waals surface area contributed by atoms with Crippen LogP contribution in [0.5, 0.6) is 0 Å². The number of thioether (sulfide) groups is 1. The highest BCUT2D eigenvalue weighted by Crippen LogP contribution is 2.41. The van der Waals surface area contributed by atoms with Crippen molar-refractivity contribution in [2.45, 2.75) is 61.0 Å². The van der Waals surface area contributed by atoms with Gasteiger partial charge in [0.15, 0.2) is 5.65 Å². The van der Waals surface area contributed by atoms with Gasteiger partial charge in [0.2, 0.25) is 5.91 Å². The Morgan fingerprint density at radius 1 is 1.18 bits per heavy atom. The zero-order valence-corrected chi connectivity index (χ0v) is 18.8. The first-order valence-corrected chi connectivity index (χ1v) is 11.7. The number of rotatable bonds is 6. The first-order chi connectivity index (χ1) is 16.1. The van der Waals surface area contributed by atoms with Gasteiger partial charge in [0, 0.05) is 12.0 Å². The number of amides is 1. The van der Waals surface area contributed by atoms with Crippen molar-refractivity contribution in [2.75, 3.05) is 5.32 Å². The van der Waals surface area contributed by atoms with Gasteiger partial charge in [-0.2, -0.15) is 13.2 Å². The highest BCUT2D eigenvalue weighted by Gasteiger charge is 2.35. The number of anilines is 1. The third-order valence-electron chi connectivity index (χ3n) is 5.77. The summed E-state index contributed by atoms with van der Waals surface area (Å²) in [4.78, 5) is 49.4. The molecule has 2 N–H and O–H groups in total. The average Bonchev–Trinajstić information content (AvgIpc) is 3.66. The van der Waals surface area contributed by atoms with Crippen LogP contribution in [-0.4, -0.2) is 30.7 Å². The maximum atomic E-state index is 13.3. The minimum absolute atomic E-state index is 0.0498. The minimum atomic E-state index is -4.62. The van der Waals surface area contributed by atoms with E-state index in [1.807, 2.05) is 0 Å². The van der Waals surface area contributed by atoms with Gasteiger partial charge >= 0.3 is 11.9 Å². The number of hydrogen-bond acceptors (Lipinski definition) is 6. The van der Waals surface area contributed by atoms with Crippen LogP contribution in [0.2, 0.25) is 0 Å². The highest BCUT2D eigenvalue weighted by molar-refractivity contribution is 8.00. The van der Waals surface area contributed by atoms with Gasteiger partial charge in [-0.3, -0.25) is 19.1 Å². The highest BCUT2D eigenvalue weighted by atomic mass is 32.2. The lowest BCUT2D eigenvalue weighted by Crippen LogP contribution is -2.31. The fraction of sp³-hybridized carbons (Fsp3) is 0.409. The normalized spacial score (nSPS) is 17.1. The molecular weight excluding hydrogens is 471 g/mol. The van der Waals surface area contributed by atoms with Crippen molar-refractivity contribution >= 4 is 34.4 Å². The van der Waals surface area contributed by atoms with Gasteiger partial charge in [0.25, 0.3) is 5.56 Å². The van der Waals surface area contributed by atoms with Crippen LogP contribution in [0.4, 0.5) is 18.9 Å². The summed E-state index contributed by atoms with van der Waals surface area (Å²) in [5, 5.41) is 1.79. The number of para-hydroxylation sites is 1. The molecule has 3 aromatic rings. The van der Waals surface area contributed by atoms with Gasteiger partial charge in [0.1, 0.15) is 16.2 Å². The van der Waals surface area contributed by atoms with Crippen LogP contribution in [0.25, 0.3) is 11.0 Å². The molecule has 1 amide bonds. The molecule has 2 fully saturated rings. The molecule has 2 aromatic heterocycles. The first kappa shape index (κ1) is 22.6. The lowest BCUT2D eigenvalue weighted by molar-refractivity contribution is -0.137. The van der Waals surface area contributed by atoms with E-state index in [1.54, 1.807) is 0 Å². The number of aromatic amines is 1. The maximum Gasteiger partial charge on any atom is 0.418 e. The molecule has 2 aliphatic carbocycles. The fourth-order valence-corrected chi connectivity index (χ4v) is 4.66. The van der Waals surface area contributed by atoms with Gasteiger partial charge in [0.05, 0.1) is 16.5 Å². The predicted octanol–water partition coefficient (Wildman–Crippen LogP) is 3.83. The summed E-state index contributed by atoms with van der Waals surface area (Å²) in [6.45, 7) is 1.52. The maximum absolute atomic E-state index is 13.3. The smallest absolute Gasteiger partial charge is 0.325 e. The molecule has 2 saturated carbocycles. The molecule has 0 radical (unpaired) electrons. The van der Waals surface area contributed by atoms with Gasteiger partial charge in [-0.05, 0) is 44.7 Å². The second kappa shape index (κ2) is 8.26. The van der Waals surface area contributed by atoms with E-state index >= 15 is 0 Å². The molecule has 0 aliphatic heterocycles. The molecule has 8 nitrogen and oxygen atoms in total. The number of benzene rings is 1. The molecule has 12 heteroatoms. The Hall–Kier alpha value is -3.15.